The third kappa shape index (κ3) is 4.01. The number of hydrogen-bond donors (Lipinski definition) is 0. The first-order valence-electron chi connectivity index (χ1n) is 7.89. The van der Waals surface area contributed by atoms with Gasteiger partial charge in [-0.2, -0.15) is 0 Å². The molecule has 0 atom stereocenters. The molecular weight excluding hydrogens is 278 g/mol. The molecule has 0 unspecified atom stereocenters. The fourth-order valence-electron chi connectivity index (χ4n) is 3.00. The van der Waals surface area contributed by atoms with Gasteiger partial charge in [0, 0.05) is 23.8 Å². The third-order valence-corrected chi connectivity index (χ3v) is 4.50. The summed E-state index contributed by atoms with van der Waals surface area (Å²) in [6.07, 6.45) is 6.12. The molecule has 1 heterocycles. The van der Waals surface area contributed by atoms with Crippen LogP contribution in [0, 0.1) is 0 Å². The maximum Gasteiger partial charge on any atom is 0.0406 e. The first-order chi connectivity index (χ1) is 10.3. The summed E-state index contributed by atoms with van der Waals surface area (Å²) < 4.78 is 0. The van der Waals surface area contributed by atoms with Crippen molar-refractivity contribution in [2.45, 2.75) is 32.1 Å². The van der Waals surface area contributed by atoms with Crippen LogP contribution in [0.2, 0.25) is 5.02 Å². The lowest BCUT2D eigenvalue weighted by atomic mass is 10.0. The highest BCUT2D eigenvalue weighted by atomic mass is 35.5. The number of hydrogen-bond acceptors (Lipinski definition) is 1. The average molecular weight is 300 g/mol. The first-order valence-corrected chi connectivity index (χ1v) is 8.27. The first kappa shape index (κ1) is 14.5. The predicted molar refractivity (Wildman–Crippen MR) is 91.4 cm³/mol. The van der Waals surface area contributed by atoms with Gasteiger partial charge in [-0.3, -0.25) is 0 Å². The molecule has 0 radical (unpaired) electrons. The number of aryl methyl sites for hydroxylation is 2. The smallest absolute Gasteiger partial charge is 0.0406 e. The van der Waals surface area contributed by atoms with Crippen LogP contribution in [0.5, 0.6) is 0 Å². The van der Waals surface area contributed by atoms with Crippen LogP contribution in [-0.4, -0.2) is 13.1 Å². The Morgan fingerprint density at radius 2 is 1.29 bits per heavy atom. The highest BCUT2D eigenvalue weighted by molar-refractivity contribution is 6.30. The quantitative estimate of drug-likeness (QED) is 0.741. The molecule has 0 bridgehead atoms. The van der Waals surface area contributed by atoms with E-state index in [1.54, 1.807) is 0 Å². The van der Waals surface area contributed by atoms with Gasteiger partial charge in [0.15, 0.2) is 0 Å². The Hall–Kier alpha value is -1.47. The van der Waals surface area contributed by atoms with Crippen molar-refractivity contribution in [1.82, 2.24) is 0 Å². The lowest BCUT2D eigenvalue weighted by Gasteiger charge is -2.17. The molecule has 1 aliphatic heterocycles. The van der Waals surface area contributed by atoms with Gasteiger partial charge in [-0.25, -0.2) is 0 Å². The molecule has 0 N–H and O–H groups in total. The minimum absolute atomic E-state index is 0.816. The summed E-state index contributed by atoms with van der Waals surface area (Å²) in [7, 11) is 0. The Balaban J connectivity index is 1.50. The van der Waals surface area contributed by atoms with Crippen molar-refractivity contribution in [3.8, 4) is 0 Å². The second kappa shape index (κ2) is 7.00. The summed E-state index contributed by atoms with van der Waals surface area (Å²) in [5, 5.41) is 0.816. The molecule has 110 valence electrons. The molecule has 21 heavy (non-hydrogen) atoms. The van der Waals surface area contributed by atoms with Crippen molar-refractivity contribution in [2.24, 2.45) is 0 Å². The highest BCUT2D eigenvalue weighted by Gasteiger charge is 2.11. The molecule has 1 saturated heterocycles. The minimum atomic E-state index is 0.816. The van der Waals surface area contributed by atoms with Gasteiger partial charge in [0.05, 0.1) is 0 Å². The van der Waals surface area contributed by atoms with E-state index in [0.29, 0.717) is 0 Å². The van der Waals surface area contributed by atoms with Gasteiger partial charge >= 0.3 is 0 Å². The fourth-order valence-corrected chi connectivity index (χ4v) is 3.12. The molecule has 3 rings (SSSR count). The Morgan fingerprint density at radius 1 is 0.762 bits per heavy atom. The maximum atomic E-state index is 5.91. The van der Waals surface area contributed by atoms with Gasteiger partial charge < -0.3 is 4.90 Å². The molecular formula is C19H22ClN. The predicted octanol–water partition coefficient (Wildman–Crippen LogP) is 5.12. The lowest BCUT2D eigenvalue weighted by Crippen LogP contribution is -2.17. The largest absolute Gasteiger partial charge is 0.372 e. The van der Waals surface area contributed by atoms with Crippen LogP contribution in [0.1, 0.15) is 30.4 Å². The van der Waals surface area contributed by atoms with Crippen molar-refractivity contribution < 1.29 is 0 Å². The summed E-state index contributed by atoms with van der Waals surface area (Å²) in [5.74, 6) is 0. The van der Waals surface area contributed by atoms with E-state index in [-0.39, 0.29) is 0 Å². The van der Waals surface area contributed by atoms with E-state index >= 15 is 0 Å². The van der Waals surface area contributed by atoms with Crippen LogP contribution >= 0.6 is 11.6 Å². The summed E-state index contributed by atoms with van der Waals surface area (Å²) >= 11 is 5.91. The van der Waals surface area contributed by atoms with E-state index in [1.165, 1.54) is 49.2 Å². The van der Waals surface area contributed by atoms with E-state index in [0.717, 1.165) is 17.9 Å². The Kier molecular flexibility index (Phi) is 4.82. The molecule has 2 aromatic carbocycles. The minimum Gasteiger partial charge on any atom is -0.372 e. The zero-order chi connectivity index (χ0) is 14.5. The van der Waals surface area contributed by atoms with E-state index in [2.05, 4.69) is 41.3 Å². The van der Waals surface area contributed by atoms with Crippen molar-refractivity contribution in [3.63, 3.8) is 0 Å². The highest BCUT2D eigenvalue weighted by Crippen LogP contribution is 2.21. The molecule has 0 amide bonds. The third-order valence-electron chi connectivity index (χ3n) is 4.25. The number of rotatable bonds is 5. The molecule has 0 aliphatic carbocycles. The monoisotopic (exact) mass is 299 g/mol. The topological polar surface area (TPSA) is 3.24 Å². The van der Waals surface area contributed by atoms with Crippen LogP contribution in [0.25, 0.3) is 0 Å². The second-order valence-corrected chi connectivity index (χ2v) is 6.28. The number of benzene rings is 2. The molecule has 1 nitrogen and oxygen atoms in total. The summed E-state index contributed by atoms with van der Waals surface area (Å²) in [5.41, 5.74) is 4.19. The Labute approximate surface area is 132 Å². The van der Waals surface area contributed by atoms with Crippen molar-refractivity contribution in [1.29, 1.82) is 0 Å². The van der Waals surface area contributed by atoms with Gasteiger partial charge in [0.2, 0.25) is 0 Å². The summed E-state index contributed by atoms with van der Waals surface area (Å²) in [6.45, 7) is 2.44. The van der Waals surface area contributed by atoms with E-state index in [9.17, 15) is 0 Å². The van der Waals surface area contributed by atoms with Crippen LogP contribution in [0.4, 0.5) is 5.69 Å². The number of anilines is 1. The second-order valence-electron chi connectivity index (χ2n) is 5.84. The van der Waals surface area contributed by atoms with Gasteiger partial charge in [-0.15, -0.1) is 0 Å². The summed E-state index contributed by atoms with van der Waals surface area (Å²) in [6, 6.07) is 17.3. The SMILES string of the molecule is Clc1ccc(CCCc2ccc(N3CCCC3)cc2)cc1. The number of nitrogens with zero attached hydrogens (tertiary/aromatic N) is 1. The van der Waals surface area contributed by atoms with E-state index in [1.807, 2.05) is 12.1 Å². The van der Waals surface area contributed by atoms with Gasteiger partial charge in [-0.1, -0.05) is 35.9 Å². The van der Waals surface area contributed by atoms with Crippen molar-refractivity contribution >= 4 is 17.3 Å². The van der Waals surface area contributed by atoms with E-state index in [4.69, 9.17) is 11.6 Å². The molecule has 2 aromatic rings. The zero-order valence-electron chi connectivity index (χ0n) is 12.4. The standard InChI is InChI=1S/C19H22ClN/c20-18-10-6-16(7-11-18)4-3-5-17-8-12-19(13-9-17)21-14-1-2-15-21/h6-13H,1-5,14-15H2. The van der Waals surface area contributed by atoms with E-state index < -0.39 is 0 Å². The molecule has 0 saturated carbocycles. The van der Waals surface area contributed by atoms with Crippen molar-refractivity contribution in [3.05, 3.63) is 64.7 Å². The molecule has 1 fully saturated rings. The Morgan fingerprint density at radius 3 is 1.86 bits per heavy atom. The molecule has 2 heteroatoms. The summed E-state index contributed by atoms with van der Waals surface area (Å²) in [4.78, 5) is 2.48. The van der Waals surface area contributed by atoms with Gasteiger partial charge in [-0.05, 0) is 67.5 Å². The maximum absolute atomic E-state index is 5.91. The average Bonchev–Trinajstić information content (AvgIpc) is 3.04. The molecule has 0 spiro atoms. The van der Waals surface area contributed by atoms with Crippen LogP contribution in [0.3, 0.4) is 0 Å². The van der Waals surface area contributed by atoms with Gasteiger partial charge in [0.1, 0.15) is 0 Å². The molecule has 1 aliphatic rings. The Bertz CT molecular complexity index is 553. The van der Waals surface area contributed by atoms with Crippen LogP contribution < -0.4 is 4.90 Å². The van der Waals surface area contributed by atoms with Crippen molar-refractivity contribution in [2.75, 3.05) is 18.0 Å². The lowest BCUT2D eigenvalue weighted by molar-refractivity contribution is 0.820. The fraction of sp³-hybridized carbons (Fsp3) is 0.368. The van der Waals surface area contributed by atoms with Crippen LogP contribution in [-0.2, 0) is 12.8 Å². The van der Waals surface area contributed by atoms with Gasteiger partial charge in [0.25, 0.3) is 0 Å². The zero-order valence-corrected chi connectivity index (χ0v) is 13.1. The van der Waals surface area contributed by atoms with Crippen LogP contribution in [0.15, 0.2) is 48.5 Å². The normalized spacial score (nSPS) is 14.6. The molecule has 0 aromatic heterocycles. The number of halogens is 1.